The number of esters is 1. The van der Waals surface area contributed by atoms with Crippen molar-refractivity contribution in [2.75, 3.05) is 19.7 Å². The standard InChI is InChI=1S/C6H9NO2/c1-2-7-3-4-9-6(8)5-7/h2H,1,3-5H2. The molecule has 50 valence electrons. The predicted molar refractivity (Wildman–Crippen MR) is 32.7 cm³/mol. The maximum absolute atomic E-state index is 10.5. The predicted octanol–water partition coefficient (Wildman–Crippen LogP) is -0.0113. The molecule has 0 aromatic rings. The average Bonchev–Trinajstić information content (AvgIpc) is 1.88. The van der Waals surface area contributed by atoms with Gasteiger partial charge in [-0.2, -0.15) is 0 Å². The van der Waals surface area contributed by atoms with Gasteiger partial charge < -0.3 is 9.64 Å². The normalized spacial score (nSPS) is 19.1. The summed E-state index contributed by atoms with van der Waals surface area (Å²) in [7, 11) is 0. The number of rotatable bonds is 1. The third-order valence-corrected chi connectivity index (χ3v) is 1.23. The molecule has 0 saturated carbocycles. The highest BCUT2D eigenvalue weighted by atomic mass is 16.5. The number of carbonyl (C=O) groups excluding carboxylic acids is 1. The minimum absolute atomic E-state index is 0.166. The van der Waals surface area contributed by atoms with Crippen LogP contribution < -0.4 is 0 Å². The fourth-order valence-corrected chi connectivity index (χ4v) is 0.723. The number of cyclic esters (lactones) is 1. The van der Waals surface area contributed by atoms with Crippen LogP contribution in [0, 0.1) is 0 Å². The largest absolute Gasteiger partial charge is 0.462 e. The van der Waals surface area contributed by atoms with E-state index < -0.39 is 0 Å². The minimum Gasteiger partial charge on any atom is -0.462 e. The molecule has 0 amide bonds. The van der Waals surface area contributed by atoms with E-state index in [9.17, 15) is 4.79 Å². The zero-order chi connectivity index (χ0) is 6.69. The van der Waals surface area contributed by atoms with Gasteiger partial charge in [0.15, 0.2) is 0 Å². The lowest BCUT2D eigenvalue weighted by atomic mass is 10.4. The number of ether oxygens (including phenoxy) is 1. The topological polar surface area (TPSA) is 29.5 Å². The van der Waals surface area contributed by atoms with Gasteiger partial charge in [0, 0.05) is 0 Å². The van der Waals surface area contributed by atoms with Crippen LogP contribution in [-0.2, 0) is 9.53 Å². The molecule has 9 heavy (non-hydrogen) atoms. The molecule has 3 heteroatoms. The fourth-order valence-electron chi connectivity index (χ4n) is 0.723. The third-order valence-electron chi connectivity index (χ3n) is 1.23. The van der Waals surface area contributed by atoms with Gasteiger partial charge in [0.05, 0.1) is 6.54 Å². The minimum atomic E-state index is -0.166. The molecule has 3 nitrogen and oxygen atoms in total. The van der Waals surface area contributed by atoms with Gasteiger partial charge in [0.25, 0.3) is 0 Å². The zero-order valence-electron chi connectivity index (χ0n) is 5.17. The Kier molecular flexibility index (Phi) is 1.72. The maximum atomic E-state index is 10.5. The molecular weight excluding hydrogens is 118 g/mol. The molecule has 1 saturated heterocycles. The highest BCUT2D eigenvalue weighted by molar-refractivity contribution is 5.72. The van der Waals surface area contributed by atoms with Crippen LogP contribution in [0.15, 0.2) is 12.8 Å². The smallest absolute Gasteiger partial charge is 0.325 e. The fraction of sp³-hybridized carbons (Fsp3) is 0.500. The van der Waals surface area contributed by atoms with E-state index >= 15 is 0 Å². The lowest BCUT2D eigenvalue weighted by molar-refractivity contribution is -0.148. The summed E-state index contributed by atoms with van der Waals surface area (Å²) in [5, 5.41) is 0. The Morgan fingerprint density at radius 1 is 1.78 bits per heavy atom. The van der Waals surface area contributed by atoms with Crippen molar-refractivity contribution in [3.8, 4) is 0 Å². The quantitative estimate of drug-likeness (QED) is 0.464. The van der Waals surface area contributed by atoms with Crippen molar-refractivity contribution in [2.24, 2.45) is 0 Å². The summed E-state index contributed by atoms with van der Waals surface area (Å²) < 4.78 is 4.68. The van der Waals surface area contributed by atoms with E-state index in [1.165, 1.54) is 0 Å². The molecule has 1 fully saturated rings. The highest BCUT2D eigenvalue weighted by Gasteiger charge is 2.13. The van der Waals surface area contributed by atoms with Crippen LogP contribution in [0.1, 0.15) is 0 Å². The van der Waals surface area contributed by atoms with Crippen LogP contribution in [-0.4, -0.2) is 30.6 Å². The number of morpholine rings is 1. The first-order chi connectivity index (χ1) is 4.33. The van der Waals surface area contributed by atoms with Crippen LogP contribution in [0.5, 0.6) is 0 Å². The zero-order valence-corrected chi connectivity index (χ0v) is 5.17. The molecule has 0 aromatic heterocycles. The third kappa shape index (κ3) is 1.45. The van der Waals surface area contributed by atoms with Crippen LogP contribution in [0.2, 0.25) is 0 Å². The molecular formula is C6H9NO2. The van der Waals surface area contributed by atoms with Crippen molar-refractivity contribution in [1.29, 1.82) is 0 Å². The van der Waals surface area contributed by atoms with Crippen molar-refractivity contribution in [1.82, 2.24) is 4.90 Å². The second-order valence-corrected chi connectivity index (χ2v) is 1.87. The lowest BCUT2D eigenvalue weighted by Gasteiger charge is -2.23. The Hall–Kier alpha value is -0.990. The molecule has 0 bridgehead atoms. The number of hydrogen-bond acceptors (Lipinski definition) is 3. The number of carbonyl (C=O) groups is 1. The molecule has 0 radical (unpaired) electrons. The summed E-state index contributed by atoms with van der Waals surface area (Å²) in [6.45, 7) is 5.15. The summed E-state index contributed by atoms with van der Waals surface area (Å²) in [5.74, 6) is -0.166. The molecule has 0 atom stereocenters. The molecule has 0 aromatic carbocycles. The molecule has 0 spiro atoms. The molecule has 0 unspecified atom stereocenters. The van der Waals surface area contributed by atoms with Gasteiger partial charge in [-0.25, -0.2) is 0 Å². The summed E-state index contributed by atoms with van der Waals surface area (Å²) in [5.41, 5.74) is 0. The van der Waals surface area contributed by atoms with Gasteiger partial charge >= 0.3 is 5.97 Å². The van der Waals surface area contributed by atoms with E-state index in [4.69, 9.17) is 0 Å². The molecule has 1 rings (SSSR count). The monoisotopic (exact) mass is 127 g/mol. The van der Waals surface area contributed by atoms with Gasteiger partial charge in [-0.15, -0.1) is 0 Å². The van der Waals surface area contributed by atoms with Crippen molar-refractivity contribution >= 4 is 5.97 Å². The van der Waals surface area contributed by atoms with Crippen LogP contribution >= 0.6 is 0 Å². The van der Waals surface area contributed by atoms with E-state index in [1.54, 1.807) is 6.20 Å². The Labute approximate surface area is 53.9 Å². The van der Waals surface area contributed by atoms with Crippen LogP contribution in [0.4, 0.5) is 0 Å². The Balaban J connectivity index is 2.40. The van der Waals surface area contributed by atoms with E-state index in [0.29, 0.717) is 13.2 Å². The van der Waals surface area contributed by atoms with Crippen molar-refractivity contribution in [3.63, 3.8) is 0 Å². The van der Waals surface area contributed by atoms with E-state index in [0.717, 1.165) is 6.54 Å². The molecule has 0 aliphatic carbocycles. The molecule has 1 heterocycles. The molecule has 1 aliphatic heterocycles. The van der Waals surface area contributed by atoms with Gasteiger partial charge in [0.2, 0.25) is 0 Å². The van der Waals surface area contributed by atoms with Gasteiger partial charge in [-0.3, -0.25) is 4.79 Å². The Morgan fingerprint density at radius 3 is 3.00 bits per heavy atom. The number of hydrogen-bond donors (Lipinski definition) is 0. The van der Waals surface area contributed by atoms with E-state index in [2.05, 4.69) is 11.3 Å². The highest BCUT2D eigenvalue weighted by Crippen LogP contribution is 1.96. The SMILES string of the molecule is C=CN1CCOC(=O)C1. The van der Waals surface area contributed by atoms with Crippen LogP contribution in [0.3, 0.4) is 0 Å². The first-order valence-corrected chi connectivity index (χ1v) is 2.85. The van der Waals surface area contributed by atoms with Crippen molar-refractivity contribution in [2.45, 2.75) is 0 Å². The lowest BCUT2D eigenvalue weighted by Crippen LogP contribution is -2.35. The van der Waals surface area contributed by atoms with Crippen molar-refractivity contribution in [3.05, 3.63) is 12.8 Å². The molecule has 0 N–H and O–H groups in total. The molecule has 1 aliphatic rings. The summed E-state index contributed by atoms with van der Waals surface area (Å²) in [6.07, 6.45) is 1.65. The van der Waals surface area contributed by atoms with Crippen molar-refractivity contribution < 1.29 is 9.53 Å². The Bertz CT molecular complexity index is 133. The van der Waals surface area contributed by atoms with Crippen LogP contribution in [0.25, 0.3) is 0 Å². The summed E-state index contributed by atoms with van der Waals surface area (Å²) in [6, 6.07) is 0. The van der Waals surface area contributed by atoms with Gasteiger partial charge in [0.1, 0.15) is 13.2 Å². The first-order valence-electron chi connectivity index (χ1n) is 2.85. The van der Waals surface area contributed by atoms with Gasteiger partial charge in [-0.05, 0) is 6.20 Å². The average molecular weight is 127 g/mol. The second-order valence-electron chi connectivity index (χ2n) is 1.87. The Morgan fingerprint density at radius 2 is 2.56 bits per heavy atom. The maximum Gasteiger partial charge on any atom is 0.325 e. The number of nitrogens with zero attached hydrogens (tertiary/aromatic N) is 1. The van der Waals surface area contributed by atoms with Gasteiger partial charge in [-0.1, -0.05) is 6.58 Å². The van der Waals surface area contributed by atoms with E-state index in [1.807, 2.05) is 4.90 Å². The first kappa shape index (κ1) is 6.13. The summed E-state index contributed by atoms with van der Waals surface area (Å²) in [4.78, 5) is 12.3. The van der Waals surface area contributed by atoms with E-state index in [-0.39, 0.29) is 5.97 Å². The summed E-state index contributed by atoms with van der Waals surface area (Å²) >= 11 is 0. The second kappa shape index (κ2) is 2.53.